The van der Waals surface area contributed by atoms with E-state index in [9.17, 15) is 19.5 Å². The molecule has 0 saturated heterocycles. The molecule has 1 amide bonds. The van der Waals surface area contributed by atoms with Crippen molar-refractivity contribution in [3.63, 3.8) is 0 Å². The maximum absolute atomic E-state index is 12.5. The third-order valence-electron chi connectivity index (χ3n) is 3.84. The molecule has 0 spiro atoms. The van der Waals surface area contributed by atoms with Gasteiger partial charge in [0, 0.05) is 21.7 Å². The Hall–Kier alpha value is -3.14. The second-order valence-corrected chi connectivity index (χ2v) is 7.07. The van der Waals surface area contributed by atoms with E-state index in [1.54, 1.807) is 12.1 Å². The van der Waals surface area contributed by atoms with Gasteiger partial charge in [-0.1, -0.05) is 29.3 Å². The van der Waals surface area contributed by atoms with E-state index >= 15 is 0 Å². The summed E-state index contributed by atoms with van der Waals surface area (Å²) in [7, 11) is 0. The summed E-state index contributed by atoms with van der Waals surface area (Å²) in [5.41, 5.74) is 11.7. The van der Waals surface area contributed by atoms with E-state index in [0.29, 0.717) is 27.6 Å². The Bertz CT molecular complexity index is 959. The summed E-state index contributed by atoms with van der Waals surface area (Å²) in [6.45, 7) is 0. The van der Waals surface area contributed by atoms with E-state index in [1.807, 2.05) is 0 Å². The first-order valence-corrected chi connectivity index (χ1v) is 9.33. The van der Waals surface area contributed by atoms with Crippen LogP contribution in [-0.2, 0) is 9.59 Å². The van der Waals surface area contributed by atoms with Crippen LogP contribution < -0.4 is 22.1 Å². The zero-order chi connectivity index (χ0) is 22.3. The molecule has 9 nitrogen and oxygen atoms in total. The monoisotopic (exact) mass is 451 g/mol. The van der Waals surface area contributed by atoms with Crippen LogP contribution in [0.15, 0.2) is 47.5 Å². The van der Waals surface area contributed by atoms with Crippen LogP contribution in [0.25, 0.3) is 0 Å². The molecule has 11 heteroatoms. The SMILES string of the molecule is NC(N)=Nc1cccc(C(=O)NC(C=O)NC(CC(=O)O)c2cc(Cl)cc(Cl)c2)c1. The molecular weight excluding hydrogens is 433 g/mol. The number of hydrogen-bond acceptors (Lipinski definition) is 5. The summed E-state index contributed by atoms with van der Waals surface area (Å²) in [6.07, 6.45) is -1.12. The van der Waals surface area contributed by atoms with Crippen molar-refractivity contribution in [2.24, 2.45) is 16.5 Å². The van der Waals surface area contributed by atoms with Crippen LogP contribution in [0.2, 0.25) is 10.0 Å². The number of carbonyl (C=O) groups excluding carboxylic acids is 2. The predicted molar refractivity (Wildman–Crippen MR) is 114 cm³/mol. The molecule has 2 aromatic rings. The predicted octanol–water partition coefficient (Wildman–Crippen LogP) is 1.96. The number of aldehydes is 1. The minimum absolute atomic E-state index is 0.170. The van der Waals surface area contributed by atoms with Crippen LogP contribution in [0.3, 0.4) is 0 Å². The van der Waals surface area contributed by atoms with Gasteiger partial charge in [-0.25, -0.2) is 4.99 Å². The fraction of sp³-hybridized carbons (Fsp3) is 0.158. The van der Waals surface area contributed by atoms with Gasteiger partial charge in [0.2, 0.25) is 0 Å². The van der Waals surface area contributed by atoms with Gasteiger partial charge < -0.3 is 21.9 Å². The number of aliphatic imine (C=N–C) groups is 1. The number of nitrogens with two attached hydrogens (primary N) is 2. The highest BCUT2D eigenvalue weighted by Crippen LogP contribution is 2.25. The molecule has 0 heterocycles. The fourth-order valence-electron chi connectivity index (χ4n) is 2.65. The van der Waals surface area contributed by atoms with Gasteiger partial charge in [0.15, 0.2) is 12.2 Å². The summed E-state index contributed by atoms with van der Waals surface area (Å²) < 4.78 is 0. The smallest absolute Gasteiger partial charge is 0.305 e. The van der Waals surface area contributed by atoms with Crippen LogP contribution in [0.5, 0.6) is 0 Å². The average molecular weight is 452 g/mol. The Morgan fingerprint density at radius 2 is 1.80 bits per heavy atom. The molecule has 0 saturated carbocycles. The molecular formula is C19H19Cl2N5O4. The van der Waals surface area contributed by atoms with E-state index in [0.717, 1.165) is 0 Å². The number of hydrogen-bond donors (Lipinski definition) is 5. The Morgan fingerprint density at radius 1 is 1.13 bits per heavy atom. The molecule has 0 aliphatic rings. The summed E-state index contributed by atoms with van der Waals surface area (Å²) in [4.78, 5) is 39.2. The molecule has 0 aliphatic heterocycles. The lowest BCUT2D eigenvalue weighted by molar-refractivity contribution is -0.137. The quantitative estimate of drug-likeness (QED) is 0.168. The Balaban J connectivity index is 2.20. The van der Waals surface area contributed by atoms with Crippen molar-refractivity contribution < 1.29 is 19.5 Å². The largest absolute Gasteiger partial charge is 0.481 e. The van der Waals surface area contributed by atoms with Crippen molar-refractivity contribution >= 4 is 53.0 Å². The molecule has 2 rings (SSSR count). The van der Waals surface area contributed by atoms with E-state index in [-0.39, 0.29) is 17.9 Å². The van der Waals surface area contributed by atoms with Crippen molar-refractivity contribution in [3.05, 3.63) is 63.6 Å². The Kier molecular flexibility index (Phi) is 8.16. The second-order valence-electron chi connectivity index (χ2n) is 6.19. The van der Waals surface area contributed by atoms with Crippen LogP contribution in [0.1, 0.15) is 28.4 Å². The molecule has 2 aromatic carbocycles. The maximum atomic E-state index is 12.5. The van der Waals surface area contributed by atoms with Crippen LogP contribution >= 0.6 is 23.2 Å². The highest BCUT2D eigenvalue weighted by molar-refractivity contribution is 6.34. The minimum Gasteiger partial charge on any atom is -0.481 e. The molecule has 0 bridgehead atoms. The molecule has 0 aliphatic carbocycles. The van der Waals surface area contributed by atoms with Gasteiger partial charge in [0.1, 0.15) is 6.17 Å². The molecule has 0 aromatic heterocycles. The number of aliphatic carboxylic acids is 1. The van der Waals surface area contributed by atoms with Crippen molar-refractivity contribution in [1.82, 2.24) is 10.6 Å². The van der Waals surface area contributed by atoms with Crippen molar-refractivity contribution in [2.75, 3.05) is 0 Å². The van der Waals surface area contributed by atoms with Gasteiger partial charge in [-0.05, 0) is 42.0 Å². The van der Waals surface area contributed by atoms with Gasteiger partial charge in [0.05, 0.1) is 12.1 Å². The number of rotatable bonds is 9. The maximum Gasteiger partial charge on any atom is 0.305 e. The number of amides is 1. The van der Waals surface area contributed by atoms with Gasteiger partial charge in [0.25, 0.3) is 5.91 Å². The number of guanidine groups is 1. The highest BCUT2D eigenvalue weighted by Gasteiger charge is 2.22. The number of benzene rings is 2. The second kappa shape index (κ2) is 10.6. The van der Waals surface area contributed by atoms with Crippen molar-refractivity contribution in [3.8, 4) is 0 Å². The zero-order valence-corrected chi connectivity index (χ0v) is 17.0. The minimum atomic E-state index is -1.19. The number of carboxylic acid groups (broad SMARTS) is 1. The fourth-order valence-corrected chi connectivity index (χ4v) is 3.19. The van der Waals surface area contributed by atoms with Gasteiger partial charge in [-0.15, -0.1) is 0 Å². The molecule has 2 unspecified atom stereocenters. The summed E-state index contributed by atoms with van der Waals surface area (Å²) >= 11 is 12.0. The third kappa shape index (κ3) is 7.03. The van der Waals surface area contributed by atoms with Crippen molar-refractivity contribution in [2.45, 2.75) is 18.6 Å². The number of carbonyl (C=O) groups is 3. The first-order chi connectivity index (χ1) is 14.2. The van der Waals surface area contributed by atoms with E-state index in [2.05, 4.69) is 15.6 Å². The third-order valence-corrected chi connectivity index (χ3v) is 4.27. The Morgan fingerprint density at radius 3 is 2.37 bits per heavy atom. The lowest BCUT2D eigenvalue weighted by Crippen LogP contribution is -2.48. The number of nitrogens with one attached hydrogen (secondary N) is 2. The van der Waals surface area contributed by atoms with E-state index in [4.69, 9.17) is 34.7 Å². The molecule has 158 valence electrons. The molecule has 7 N–H and O–H groups in total. The van der Waals surface area contributed by atoms with Gasteiger partial charge in [-0.2, -0.15) is 0 Å². The summed E-state index contributed by atoms with van der Waals surface area (Å²) in [6, 6.07) is 9.80. The molecule has 0 radical (unpaired) electrons. The van der Waals surface area contributed by atoms with Gasteiger partial charge >= 0.3 is 5.97 Å². The number of halogens is 2. The Labute approximate surface area is 182 Å². The standard InChI is InChI=1S/C19H19Cl2N5O4/c20-12-4-11(5-13(21)7-12)15(8-17(28)29)25-16(9-27)26-18(30)10-2-1-3-14(6-10)24-19(22)23/h1-7,9,15-16,25H,8H2,(H,26,30)(H,28,29)(H4,22,23,24). The lowest BCUT2D eigenvalue weighted by Gasteiger charge is -2.23. The van der Waals surface area contributed by atoms with Gasteiger partial charge in [-0.3, -0.25) is 19.7 Å². The zero-order valence-electron chi connectivity index (χ0n) is 15.5. The summed E-state index contributed by atoms with van der Waals surface area (Å²) in [5, 5.41) is 15.1. The summed E-state index contributed by atoms with van der Waals surface area (Å²) in [5.74, 6) is -1.88. The molecule has 0 fully saturated rings. The average Bonchev–Trinajstić information content (AvgIpc) is 2.65. The van der Waals surface area contributed by atoms with E-state index < -0.39 is 24.1 Å². The first kappa shape index (κ1) is 23.1. The number of nitrogens with zero attached hydrogens (tertiary/aromatic N) is 1. The van der Waals surface area contributed by atoms with Crippen LogP contribution in [0, 0.1) is 0 Å². The van der Waals surface area contributed by atoms with E-state index in [1.165, 1.54) is 30.3 Å². The molecule has 30 heavy (non-hydrogen) atoms. The van der Waals surface area contributed by atoms with Crippen molar-refractivity contribution in [1.29, 1.82) is 0 Å². The lowest BCUT2D eigenvalue weighted by atomic mass is 10.0. The van der Waals surface area contributed by atoms with Crippen LogP contribution in [0.4, 0.5) is 5.69 Å². The molecule has 2 atom stereocenters. The highest BCUT2D eigenvalue weighted by atomic mass is 35.5. The topological polar surface area (TPSA) is 160 Å². The van der Waals surface area contributed by atoms with Crippen LogP contribution in [-0.4, -0.2) is 35.4 Å². The number of carboxylic acids is 1. The first-order valence-electron chi connectivity index (χ1n) is 8.57. The normalized spacial score (nSPS) is 12.5.